The first-order chi connectivity index (χ1) is 9.77. The molecule has 1 fully saturated rings. The number of nitrogens with two attached hydrogens (primary N) is 1. The van der Waals surface area contributed by atoms with Gasteiger partial charge in [0.1, 0.15) is 6.54 Å². The van der Waals surface area contributed by atoms with Crippen LogP contribution in [0.2, 0.25) is 0 Å². The van der Waals surface area contributed by atoms with Crippen LogP contribution in [-0.2, 0) is 14.4 Å². The van der Waals surface area contributed by atoms with Crippen LogP contribution in [0.1, 0.15) is 26.7 Å². The summed E-state index contributed by atoms with van der Waals surface area (Å²) >= 11 is 0. The van der Waals surface area contributed by atoms with E-state index in [2.05, 4.69) is 5.32 Å². The molecule has 1 aromatic rings. The van der Waals surface area contributed by atoms with Gasteiger partial charge in [-0.05, 0) is 23.6 Å². The van der Waals surface area contributed by atoms with Crippen LogP contribution >= 0.6 is 0 Å². The Morgan fingerprint density at radius 1 is 1.29 bits per heavy atom. The van der Waals surface area contributed by atoms with Crippen LogP contribution in [0.15, 0.2) is 24.3 Å². The molecule has 1 heterocycles. The number of benzene rings is 1. The summed E-state index contributed by atoms with van der Waals surface area (Å²) in [5.41, 5.74) is 6.35. The summed E-state index contributed by atoms with van der Waals surface area (Å²) in [5, 5.41) is 2.63. The zero-order valence-electron chi connectivity index (χ0n) is 12.2. The average Bonchev–Trinajstić information content (AvgIpc) is 2.32. The van der Waals surface area contributed by atoms with Gasteiger partial charge in [0.2, 0.25) is 17.7 Å². The molecule has 1 saturated heterocycles. The second kappa shape index (κ2) is 5.55. The Labute approximate surface area is 123 Å². The van der Waals surface area contributed by atoms with Crippen molar-refractivity contribution in [3.8, 4) is 0 Å². The summed E-state index contributed by atoms with van der Waals surface area (Å²) in [4.78, 5) is 36.9. The molecule has 0 bridgehead atoms. The maximum Gasteiger partial charge on any atom is 0.244 e. The van der Waals surface area contributed by atoms with Crippen molar-refractivity contribution in [3.63, 3.8) is 0 Å². The van der Waals surface area contributed by atoms with E-state index in [0.717, 1.165) is 4.90 Å². The molecule has 0 spiro atoms. The maximum absolute atomic E-state index is 12.0. The molecule has 0 unspecified atom stereocenters. The van der Waals surface area contributed by atoms with E-state index >= 15 is 0 Å². The molecule has 112 valence electrons. The third-order valence-electron chi connectivity index (χ3n) is 3.33. The number of likely N-dealkylation sites (tertiary alicyclic amines) is 1. The predicted molar refractivity (Wildman–Crippen MR) is 79.2 cm³/mol. The van der Waals surface area contributed by atoms with Crippen LogP contribution < -0.4 is 11.1 Å². The third kappa shape index (κ3) is 3.81. The van der Waals surface area contributed by atoms with Crippen molar-refractivity contribution in [2.45, 2.75) is 26.7 Å². The first kappa shape index (κ1) is 15.0. The van der Waals surface area contributed by atoms with Crippen LogP contribution in [0.4, 0.5) is 11.4 Å². The predicted octanol–water partition coefficient (Wildman–Crippen LogP) is 1.38. The number of piperidine rings is 1. The van der Waals surface area contributed by atoms with Gasteiger partial charge in [-0.15, -0.1) is 0 Å². The van der Waals surface area contributed by atoms with Crippen LogP contribution in [-0.4, -0.2) is 29.2 Å². The number of amides is 3. The van der Waals surface area contributed by atoms with E-state index in [1.807, 2.05) is 13.8 Å². The maximum atomic E-state index is 12.0. The molecule has 1 aromatic carbocycles. The van der Waals surface area contributed by atoms with Crippen molar-refractivity contribution in [2.24, 2.45) is 5.41 Å². The van der Waals surface area contributed by atoms with Crippen LogP contribution in [0.5, 0.6) is 0 Å². The zero-order chi connectivity index (χ0) is 15.6. The Hall–Kier alpha value is -2.37. The topological polar surface area (TPSA) is 92.5 Å². The minimum atomic E-state index is -0.415. The van der Waals surface area contributed by atoms with Gasteiger partial charge in [-0.25, -0.2) is 0 Å². The molecule has 6 heteroatoms. The van der Waals surface area contributed by atoms with Crippen molar-refractivity contribution in [2.75, 3.05) is 17.6 Å². The van der Waals surface area contributed by atoms with Crippen molar-refractivity contribution in [3.05, 3.63) is 24.3 Å². The minimum Gasteiger partial charge on any atom is -0.399 e. The van der Waals surface area contributed by atoms with E-state index in [4.69, 9.17) is 5.73 Å². The fourth-order valence-corrected chi connectivity index (χ4v) is 2.35. The number of hydrogen-bond acceptors (Lipinski definition) is 4. The molecule has 6 nitrogen and oxygen atoms in total. The number of carbonyl (C=O) groups excluding carboxylic acids is 3. The average molecular weight is 289 g/mol. The first-order valence-corrected chi connectivity index (χ1v) is 6.75. The van der Waals surface area contributed by atoms with Crippen molar-refractivity contribution in [1.29, 1.82) is 0 Å². The van der Waals surface area contributed by atoms with Crippen molar-refractivity contribution < 1.29 is 14.4 Å². The second-order valence-electron chi connectivity index (χ2n) is 6.07. The van der Waals surface area contributed by atoms with Gasteiger partial charge in [-0.3, -0.25) is 19.3 Å². The number of carbonyl (C=O) groups is 3. The van der Waals surface area contributed by atoms with E-state index in [1.54, 1.807) is 24.3 Å². The van der Waals surface area contributed by atoms with Gasteiger partial charge in [-0.1, -0.05) is 19.9 Å². The van der Waals surface area contributed by atoms with E-state index in [9.17, 15) is 14.4 Å². The van der Waals surface area contributed by atoms with Gasteiger partial charge in [0.25, 0.3) is 0 Å². The number of hydrogen-bond donors (Lipinski definition) is 2. The monoisotopic (exact) mass is 289 g/mol. The van der Waals surface area contributed by atoms with E-state index in [-0.39, 0.29) is 36.6 Å². The van der Waals surface area contributed by atoms with Crippen molar-refractivity contribution >= 4 is 29.1 Å². The van der Waals surface area contributed by atoms with Gasteiger partial charge in [-0.2, -0.15) is 0 Å². The second-order valence-corrected chi connectivity index (χ2v) is 6.07. The lowest BCUT2D eigenvalue weighted by molar-refractivity contribution is -0.154. The highest BCUT2D eigenvalue weighted by Crippen LogP contribution is 2.31. The molecule has 0 atom stereocenters. The summed E-state index contributed by atoms with van der Waals surface area (Å²) in [7, 11) is 0. The van der Waals surface area contributed by atoms with E-state index < -0.39 is 5.91 Å². The number of nitrogens with zero attached hydrogens (tertiary/aromatic N) is 1. The fraction of sp³-hybridized carbons (Fsp3) is 0.400. The largest absolute Gasteiger partial charge is 0.399 e. The number of anilines is 2. The molecule has 21 heavy (non-hydrogen) atoms. The highest BCUT2D eigenvalue weighted by Gasteiger charge is 2.38. The van der Waals surface area contributed by atoms with E-state index in [1.165, 1.54) is 0 Å². The SMILES string of the molecule is CC1(C)CC(=O)N(CC(=O)Nc2cccc(N)c2)C(=O)C1. The molecule has 2 rings (SSSR count). The Bertz CT molecular complexity index is 576. The molecular formula is C15H19N3O3. The van der Waals surface area contributed by atoms with Gasteiger partial charge in [0.15, 0.2) is 0 Å². The molecule has 3 N–H and O–H groups in total. The lowest BCUT2D eigenvalue weighted by Crippen LogP contribution is -2.49. The highest BCUT2D eigenvalue weighted by atomic mass is 16.2. The fourth-order valence-electron chi connectivity index (χ4n) is 2.35. The number of nitrogens with one attached hydrogen (secondary N) is 1. The number of rotatable bonds is 3. The summed E-state index contributed by atoms with van der Waals surface area (Å²) in [6, 6.07) is 6.72. The quantitative estimate of drug-likeness (QED) is 0.649. The summed E-state index contributed by atoms with van der Waals surface area (Å²) in [6.45, 7) is 3.47. The van der Waals surface area contributed by atoms with Crippen molar-refractivity contribution in [1.82, 2.24) is 4.90 Å². The third-order valence-corrected chi connectivity index (χ3v) is 3.33. The smallest absolute Gasteiger partial charge is 0.244 e. The van der Waals surface area contributed by atoms with Crippen LogP contribution in [0.25, 0.3) is 0 Å². The number of nitrogen functional groups attached to an aromatic ring is 1. The van der Waals surface area contributed by atoms with Crippen LogP contribution in [0.3, 0.4) is 0 Å². The standard InChI is InChI=1S/C15H19N3O3/c1-15(2)7-13(20)18(14(21)8-15)9-12(19)17-11-5-3-4-10(16)6-11/h3-6H,7-9,16H2,1-2H3,(H,17,19). The lowest BCUT2D eigenvalue weighted by atomic mass is 9.82. The Balaban J connectivity index is 2.00. The Morgan fingerprint density at radius 2 is 1.90 bits per heavy atom. The Kier molecular flexibility index (Phi) is 3.97. The van der Waals surface area contributed by atoms with Gasteiger partial charge in [0.05, 0.1) is 0 Å². The van der Waals surface area contributed by atoms with Crippen LogP contribution in [0, 0.1) is 5.41 Å². The summed E-state index contributed by atoms with van der Waals surface area (Å²) < 4.78 is 0. The molecule has 3 amide bonds. The molecule has 0 aromatic heterocycles. The zero-order valence-corrected chi connectivity index (χ0v) is 12.2. The minimum absolute atomic E-state index is 0.261. The first-order valence-electron chi connectivity index (χ1n) is 6.75. The normalized spacial score (nSPS) is 17.7. The highest BCUT2D eigenvalue weighted by molar-refractivity contribution is 6.03. The molecule has 0 saturated carbocycles. The van der Waals surface area contributed by atoms with Gasteiger partial charge < -0.3 is 11.1 Å². The molecule has 0 aliphatic carbocycles. The molecule has 0 radical (unpaired) electrons. The lowest BCUT2D eigenvalue weighted by Gasteiger charge is -2.34. The number of imide groups is 1. The molecular weight excluding hydrogens is 270 g/mol. The summed E-state index contributed by atoms with van der Waals surface area (Å²) in [6.07, 6.45) is 0.536. The Morgan fingerprint density at radius 3 is 2.48 bits per heavy atom. The van der Waals surface area contributed by atoms with Gasteiger partial charge >= 0.3 is 0 Å². The molecule has 1 aliphatic rings. The van der Waals surface area contributed by atoms with E-state index in [0.29, 0.717) is 11.4 Å². The molecule has 1 aliphatic heterocycles. The van der Waals surface area contributed by atoms with Gasteiger partial charge in [0, 0.05) is 24.2 Å². The summed E-state index contributed by atoms with van der Waals surface area (Å²) in [5.74, 6) is -1.03.